The standard InChI is InChI=1S/C17H20N2/c1-12-7-8-19-17(9-12)16(18)11-13-5-6-14-3-2-4-15(14)10-13/h5-10,16H,2-4,11,18H2,1H3. The van der Waals surface area contributed by atoms with E-state index >= 15 is 0 Å². The van der Waals surface area contributed by atoms with E-state index in [9.17, 15) is 0 Å². The zero-order valence-electron chi connectivity index (χ0n) is 11.4. The van der Waals surface area contributed by atoms with Crippen molar-refractivity contribution in [1.82, 2.24) is 4.98 Å². The molecule has 0 saturated heterocycles. The molecule has 2 aromatic rings. The number of nitrogens with zero attached hydrogens (tertiary/aromatic N) is 1. The highest BCUT2D eigenvalue weighted by Gasteiger charge is 2.13. The molecule has 1 aliphatic carbocycles. The fraction of sp³-hybridized carbons (Fsp3) is 0.353. The zero-order chi connectivity index (χ0) is 13.2. The molecular formula is C17H20N2. The van der Waals surface area contributed by atoms with Gasteiger partial charge in [-0.3, -0.25) is 4.98 Å². The van der Waals surface area contributed by atoms with Crippen LogP contribution in [-0.4, -0.2) is 4.98 Å². The number of aryl methyl sites for hydroxylation is 3. The van der Waals surface area contributed by atoms with E-state index < -0.39 is 0 Å². The van der Waals surface area contributed by atoms with Gasteiger partial charge in [-0.05, 0) is 67.0 Å². The van der Waals surface area contributed by atoms with E-state index in [2.05, 4.69) is 36.2 Å². The molecule has 1 aliphatic rings. The van der Waals surface area contributed by atoms with Crippen molar-refractivity contribution in [2.75, 3.05) is 0 Å². The van der Waals surface area contributed by atoms with E-state index in [1.54, 1.807) is 0 Å². The summed E-state index contributed by atoms with van der Waals surface area (Å²) in [5.41, 5.74) is 12.8. The monoisotopic (exact) mass is 252 g/mol. The van der Waals surface area contributed by atoms with Crippen LogP contribution in [0.1, 0.15) is 40.4 Å². The van der Waals surface area contributed by atoms with E-state index in [1.807, 2.05) is 12.3 Å². The van der Waals surface area contributed by atoms with Crippen molar-refractivity contribution < 1.29 is 0 Å². The molecular weight excluding hydrogens is 232 g/mol. The van der Waals surface area contributed by atoms with Gasteiger partial charge in [0, 0.05) is 6.20 Å². The van der Waals surface area contributed by atoms with Gasteiger partial charge in [0.1, 0.15) is 0 Å². The second-order valence-corrected chi connectivity index (χ2v) is 5.53. The molecule has 2 heteroatoms. The molecule has 1 aromatic heterocycles. The number of benzene rings is 1. The number of hydrogen-bond donors (Lipinski definition) is 1. The largest absolute Gasteiger partial charge is 0.322 e. The SMILES string of the molecule is Cc1ccnc(C(N)Cc2ccc3c(c2)CCC3)c1. The highest BCUT2D eigenvalue weighted by atomic mass is 14.8. The first-order chi connectivity index (χ1) is 9.22. The lowest BCUT2D eigenvalue weighted by Gasteiger charge is -2.12. The second-order valence-electron chi connectivity index (χ2n) is 5.53. The number of nitrogens with two attached hydrogens (primary N) is 1. The summed E-state index contributed by atoms with van der Waals surface area (Å²) in [5.74, 6) is 0. The highest BCUT2D eigenvalue weighted by molar-refractivity contribution is 5.36. The molecule has 0 fully saturated rings. The molecule has 1 aromatic carbocycles. The van der Waals surface area contributed by atoms with Crippen molar-refractivity contribution >= 4 is 0 Å². The van der Waals surface area contributed by atoms with Crippen molar-refractivity contribution in [2.45, 2.75) is 38.6 Å². The molecule has 0 amide bonds. The third-order valence-corrected chi connectivity index (χ3v) is 3.94. The van der Waals surface area contributed by atoms with Crippen LogP contribution in [0.15, 0.2) is 36.5 Å². The van der Waals surface area contributed by atoms with E-state index in [0.717, 1.165) is 12.1 Å². The lowest BCUT2D eigenvalue weighted by Crippen LogP contribution is -2.15. The Balaban J connectivity index is 1.77. The minimum Gasteiger partial charge on any atom is -0.322 e. The zero-order valence-corrected chi connectivity index (χ0v) is 11.4. The molecule has 19 heavy (non-hydrogen) atoms. The van der Waals surface area contributed by atoms with Crippen LogP contribution >= 0.6 is 0 Å². The van der Waals surface area contributed by atoms with Crippen molar-refractivity contribution in [3.63, 3.8) is 0 Å². The molecule has 1 unspecified atom stereocenters. The number of pyridine rings is 1. The summed E-state index contributed by atoms with van der Waals surface area (Å²) >= 11 is 0. The van der Waals surface area contributed by atoms with Crippen molar-refractivity contribution in [2.24, 2.45) is 5.73 Å². The maximum absolute atomic E-state index is 6.28. The van der Waals surface area contributed by atoms with Gasteiger partial charge in [0.15, 0.2) is 0 Å². The molecule has 0 saturated carbocycles. The average Bonchev–Trinajstić information content (AvgIpc) is 2.86. The maximum Gasteiger partial charge on any atom is 0.0577 e. The molecule has 1 atom stereocenters. The smallest absolute Gasteiger partial charge is 0.0577 e. The number of aromatic nitrogens is 1. The van der Waals surface area contributed by atoms with Crippen LogP contribution in [0.2, 0.25) is 0 Å². The van der Waals surface area contributed by atoms with Crippen LogP contribution in [0.5, 0.6) is 0 Å². The Bertz CT molecular complexity index is 590. The van der Waals surface area contributed by atoms with Gasteiger partial charge in [0.05, 0.1) is 11.7 Å². The van der Waals surface area contributed by atoms with Crippen LogP contribution in [0.4, 0.5) is 0 Å². The summed E-state index contributed by atoms with van der Waals surface area (Å²) in [6.07, 6.45) is 6.46. The summed E-state index contributed by atoms with van der Waals surface area (Å²) in [5, 5.41) is 0. The Hall–Kier alpha value is -1.67. The molecule has 2 nitrogen and oxygen atoms in total. The third kappa shape index (κ3) is 2.69. The first kappa shape index (κ1) is 12.4. The van der Waals surface area contributed by atoms with Gasteiger partial charge >= 0.3 is 0 Å². The van der Waals surface area contributed by atoms with Gasteiger partial charge in [-0.25, -0.2) is 0 Å². The number of rotatable bonds is 3. The Kier molecular flexibility index (Phi) is 3.34. The quantitative estimate of drug-likeness (QED) is 0.911. The van der Waals surface area contributed by atoms with E-state index in [1.165, 1.54) is 41.5 Å². The molecule has 1 heterocycles. The fourth-order valence-electron chi connectivity index (χ4n) is 2.87. The van der Waals surface area contributed by atoms with Gasteiger partial charge in [-0.1, -0.05) is 18.2 Å². The van der Waals surface area contributed by atoms with Gasteiger partial charge < -0.3 is 5.73 Å². The normalized spacial score (nSPS) is 15.3. The first-order valence-corrected chi connectivity index (χ1v) is 7.01. The summed E-state index contributed by atoms with van der Waals surface area (Å²) < 4.78 is 0. The summed E-state index contributed by atoms with van der Waals surface area (Å²) in [6, 6.07) is 10.9. The Morgan fingerprint density at radius 2 is 2.00 bits per heavy atom. The molecule has 0 aliphatic heterocycles. The van der Waals surface area contributed by atoms with Crippen molar-refractivity contribution in [1.29, 1.82) is 0 Å². The number of fused-ring (bicyclic) bond motifs is 1. The van der Waals surface area contributed by atoms with Crippen LogP contribution < -0.4 is 5.73 Å². The van der Waals surface area contributed by atoms with Crippen LogP contribution in [0, 0.1) is 6.92 Å². The second kappa shape index (κ2) is 5.14. The molecule has 0 bridgehead atoms. The molecule has 0 radical (unpaired) electrons. The minimum atomic E-state index is -0.0145. The summed E-state index contributed by atoms with van der Waals surface area (Å²) in [4.78, 5) is 4.38. The molecule has 98 valence electrons. The third-order valence-electron chi connectivity index (χ3n) is 3.94. The lowest BCUT2D eigenvalue weighted by atomic mass is 9.99. The van der Waals surface area contributed by atoms with Crippen LogP contribution in [-0.2, 0) is 19.3 Å². The fourth-order valence-corrected chi connectivity index (χ4v) is 2.87. The number of hydrogen-bond acceptors (Lipinski definition) is 2. The predicted molar refractivity (Wildman–Crippen MR) is 78.1 cm³/mol. The Labute approximate surface area is 114 Å². The predicted octanol–water partition coefficient (Wildman–Crippen LogP) is 3.12. The van der Waals surface area contributed by atoms with Gasteiger partial charge in [-0.15, -0.1) is 0 Å². The van der Waals surface area contributed by atoms with Gasteiger partial charge in [-0.2, -0.15) is 0 Å². The average molecular weight is 252 g/mol. The van der Waals surface area contributed by atoms with E-state index in [0.29, 0.717) is 0 Å². The van der Waals surface area contributed by atoms with E-state index in [4.69, 9.17) is 5.73 Å². The molecule has 0 spiro atoms. The van der Waals surface area contributed by atoms with E-state index in [-0.39, 0.29) is 6.04 Å². The van der Waals surface area contributed by atoms with Crippen molar-refractivity contribution in [3.05, 3.63) is 64.5 Å². The molecule has 3 rings (SSSR count). The van der Waals surface area contributed by atoms with Gasteiger partial charge in [0.25, 0.3) is 0 Å². The lowest BCUT2D eigenvalue weighted by molar-refractivity contribution is 0.695. The minimum absolute atomic E-state index is 0.0145. The topological polar surface area (TPSA) is 38.9 Å². The van der Waals surface area contributed by atoms with Crippen LogP contribution in [0.25, 0.3) is 0 Å². The first-order valence-electron chi connectivity index (χ1n) is 7.01. The highest BCUT2D eigenvalue weighted by Crippen LogP contribution is 2.24. The van der Waals surface area contributed by atoms with Gasteiger partial charge in [0.2, 0.25) is 0 Å². The maximum atomic E-state index is 6.28. The van der Waals surface area contributed by atoms with Crippen LogP contribution in [0.3, 0.4) is 0 Å². The Morgan fingerprint density at radius 1 is 1.16 bits per heavy atom. The summed E-state index contributed by atoms with van der Waals surface area (Å²) in [6.45, 7) is 2.08. The summed E-state index contributed by atoms with van der Waals surface area (Å²) in [7, 11) is 0. The molecule has 2 N–H and O–H groups in total. The Morgan fingerprint density at radius 3 is 2.84 bits per heavy atom. The van der Waals surface area contributed by atoms with Crippen molar-refractivity contribution in [3.8, 4) is 0 Å².